The molecule has 12 nitrogen and oxygen atoms in total. The van der Waals surface area contributed by atoms with Crippen molar-refractivity contribution in [3.63, 3.8) is 0 Å². The van der Waals surface area contributed by atoms with E-state index in [1.54, 1.807) is 6.92 Å². The molecule has 1 N–H and O–H groups in total. The number of H-pyrrole nitrogens is 1. The van der Waals surface area contributed by atoms with Crippen LogP contribution in [0.25, 0.3) is 0 Å². The molecule has 2 aliphatic rings. The highest BCUT2D eigenvalue weighted by molar-refractivity contribution is 6.22. The lowest BCUT2D eigenvalue weighted by atomic mass is 10.1. The third kappa shape index (κ3) is 3.41. The summed E-state index contributed by atoms with van der Waals surface area (Å²) in [5.41, 5.74) is 0.956. The zero-order valence-corrected chi connectivity index (χ0v) is 16.4. The Morgan fingerprint density at radius 1 is 1.26 bits per heavy atom. The number of fused-ring (bicyclic) bond motifs is 2. The number of nitro groups is 1. The Hall–Kier alpha value is -4.09. The van der Waals surface area contributed by atoms with Gasteiger partial charge in [-0.25, -0.2) is 4.79 Å². The average molecular weight is 427 g/mol. The van der Waals surface area contributed by atoms with E-state index >= 15 is 0 Å². The summed E-state index contributed by atoms with van der Waals surface area (Å²) in [6, 6.07) is 3.38. The first-order valence-electron chi connectivity index (χ1n) is 9.47. The standard InChI is InChI=1S/C19H17N5O7/c1-2-31-19(28)16-13-8-22(6-5-14(13)20-21-16)15(25)9-23-17(26)11-4-3-10(24(29)30)7-12(11)18(23)27/h3-4,7H,2,5-6,8-9H2,1H3,(H,20,21). The minimum absolute atomic E-state index is 0.0174. The van der Waals surface area contributed by atoms with Crippen LogP contribution in [-0.4, -0.2) is 68.3 Å². The Bertz CT molecular complexity index is 1140. The van der Waals surface area contributed by atoms with Crippen molar-refractivity contribution in [2.45, 2.75) is 19.9 Å². The molecule has 12 heteroatoms. The Labute approximate surface area is 174 Å². The second-order valence-electron chi connectivity index (χ2n) is 7.00. The van der Waals surface area contributed by atoms with Gasteiger partial charge in [-0.15, -0.1) is 0 Å². The fourth-order valence-corrected chi connectivity index (χ4v) is 3.65. The first-order chi connectivity index (χ1) is 14.8. The van der Waals surface area contributed by atoms with E-state index in [2.05, 4.69) is 10.2 Å². The number of carbonyl (C=O) groups excluding carboxylic acids is 4. The SMILES string of the molecule is CCOC(=O)c1n[nH]c2c1CN(C(=O)CN1C(=O)c3ccc([N+](=O)[O-])cc3C1=O)CC2. The van der Waals surface area contributed by atoms with Crippen molar-refractivity contribution >= 4 is 29.4 Å². The van der Waals surface area contributed by atoms with Crippen molar-refractivity contribution in [3.05, 3.63) is 56.4 Å². The predicted octanol–water partition coefficient (Wildman–Crippen LogP) is 0.675. The topological polar surface area (TPSA) is 156 Å². The normalized spacial score (nSPS) is 15.0. The molecule has 0 fully saturated rings. The number of rotatable bonds is 5. The summed E-state index contributed by atoms with van der Waals surface area (Å²) in [6.45, 7) is 1.73. The van der Waals surface area contributed by atoms with Crippen LogP contribution in [0.4, 0.5) is 5.69 Å². The number of amides is 3. The lowest BCUT2D eigenvalue weighted by molar-refractivity contribution is -0.384. The number of benzene rings is 1. The molecule has 31 heavy (non-hydrogen) atoms. The second kappa shape index (κ2) is 7.63. The summed E-state index contributed by atoms with van der Waals surface area (Å²) in [5.74, 6) is -2.54. The molecule has 0 spiro atoms. The number of non-ortho nitro benzene ring substituents is 1. The van der Waals surface area contributed by atoms with Gasteiger partial charge in [0.25, 0.3) is 17.5 Å². The van der Waals surface area contributed by atoms with Crippen LogP contribution in [0.5, 0.6) is 0 Å². The number of carbonyl (C=O) groups is 4. The molecule has 0 saturated heterocycles. The molecule has 0 bridgehead atoms. The molecule has 0 unspecified atom stereocenters. The Morgan fingerprint density at radius 2 is 2.00 bits per heavy atom. The third-order valence-corrected chi connectivity index (χ3v) is 5.21. The molecule has 0 atom stereocenters. The van der Waals surface area contributed by atoms with Crippen LogP contribution in [0.1, 0.15) is 49.4 Å². The second-order valence-corrected chi connectivity index (χ2v) is 7.00. The van der Waals surface area contributed by atoms with Crippen LogP contribution in [-0.2, 0) is 22.5 Å². The third-order valence-electron chi connectivity index (χ3n) is 5.21. The van der Waals surface area contributed by atoms with Gasteiger partial charge in [0.15, 0.2) is 5.69 Å². The molecular weight excluding hydrogens is 410 g/mol. The number of aromatic nitrogens is 2. The molecule has 160 valence electrons. The van der Waals surface area contributed by atoms with E-state index in [0.717, 1.165) is 22.7 Å². The van der Waals surface area contributed by atoms with Gasteiger partial charge < -0.3 is 9.64 Å². The van der Waals surface area contributed by atoms with Gasteiger partial charge in [-0.2, -0.15) is 5.10 Å². The highest BCUT2D eigenvalue weighted by Gasteiger charge is 2.39. The van der Waals surface area contributed by atoms with Crippen LogP contribution >= 0.6 is 0 Å². The highest BCUT2D eigenvalue weighted by atomic mass is 16.6. The van der Waals surface area contributed by atoms with E-state index in [1.807, 2.05) is 0 Å². The van der Waals surface area contributed by atoms with Gasteiger partial charge in [0.1, 0.15) is 6.54 Å². The Balaban J connectivity index is 1.50. The zero-order valence-electron chi connectivity index (χ0n) is 16.4. The number of ether oxygens (including phenoxy) is 1. The predicted molar refractivity (Wildman–Crippen MR) is 102 cm³/mol. The molecule has 2 aliphatic heterocycles. The van der Waals surface area contributed by atoms with Crippen LogP contribution in [0.3, 0.4) is 0 Å². The fraction of sp³-hybridized carbons (Fsp3) is 0.316. The number of nitro benzene ring substituents is 1. The molecule has 3 heterocycles. The van der Waals surface area contributed by atoms with Gasteiger partial charge in [-0.3, -0.25) is 34.5 Å². The molecule has 0 radical (unpaired) electrons. The molecule has 4 rings (SSSR count). The Morgan fingerprint density at radius 3 is 2.71 bits per heavy atom. The maximum Gasteiger partial charge on any atom is 0.359 e. The number of hydrogen-bond acceptors (Lipinski definition) is 8. The molecule has 0 aliphatic carbocycles. The minimum Gasteiger partial charge on any atom is -0.461 e. The quantitative estimate of drug-likeness (QED) is 0.316. The van der Waals surface area contributed by atoms with E-state index in [-0.39, 0.29) is 35.7 Å². The molecule has 2 aromatic rings. The van der Waals surface area contributed by atoms with Gasteiger partial charge in [0.05, 0.1) is 22.7 Å². The van der Waals surface area contributed by atoms with E-state index in [4.69, 9.17) is 4.74 Å². The van der Waals surface area contributed by atoms with Crippen LogP contribution in [0.2, 0.25) is 0 Å². The number of nitrogens with one attached hydrogen (secondary N) is 1. The lowest BCUT2D eigenvalue weighted by Crippen LogP contribution is -2.44. The number of aromatic amines is 1. The van der Waals surface area contributed by atoms with E-state index < -0.39 is 35.2 Å². The number of hydrogen-bond donors (Lipinski definition) is 1. The molecule has 1 aromatic heterocycles. The summed E-state index contributed by atoms with van der Waals surface area (Å²) in [6.07, 6.45) is 0.418. The van der Waals surface area contributed by atoms with Gasteiger partial charge in [0.2, 0.25) is 5.91 Å². The maximum absolute atomic E-state index is 12.8. The largest absolute Gasteiger partial charge is 0.461 e. The van der Waals surface area contributed by atoms with Gasteiger partial charge >= 0.3 is 5.97 Å². The summed E-state index contributed by atoms with van der Waals surface area (Å²) < 4.78 is 4.98. The fourth-order valence-electron chi connectivity index (χ4n) is 3.65. The van der Waals surface area contributed by atoms with E-state index in [0.29, 0.717) is 18.5 Å². The van der Waals surface area contributed by atoms with Crippen molar-refractivity contribution in [1.82, 2.24) is 20.0 Å². The summed E-state index contributed by atoms with van der Waals surface area (Å²) in [7, 11) is 0. The summed E-state index contributed by atoms with van der Waals surface area (Å²) in [5, 5.41) is 17.7. The first kappa shape index (κ1) is 20.2. The summed E-state index contributed by atoms with van der Waals surface area (Å²) in [4.78, 5) is 62.6. The van der Waals surface area contributed by atoms with Crippen LogP contribution < -0.4 is 0 Å². The van der Waals surface area contributed by atoms with Gasteiger partial charge in [-0.1, -0.05) is 0 Å². The van der Waals surface area contributed by atoms with Crippen LogP contribution in [0.15, 0.2) is 18.2 Å². The number of nitrogens with zero attached hydrogens (tertiary/aromatic N) is 4. The first-order valence-corrected chi connectivity index (χ1v) is 9.47. The van der Waals surface area contributed by atoms with Crippen molar-refractivity contribution in [2.75, 3.05) is 19.7 Å². The van der Waals surface area contributed by atoms with Crippen molar-refractivity contribution in [3.8, 4) is 0 Å². The molecule has 3 amide bonds. The van der Waals surface area contributed by atoms with Crippen molar-refractivity contribution in [1.29, 1.82) is 0 Å². The van der Waals surface area contributed by atoms with E-state index in [1.165, 1.54) is 11.0 Å². The monoisotopic (exact) mass is 427 g/mol. The van der Waals surface area contributed by atoms with Crippen molar-refractivity contribution < 1.29 is 28.8 Å². The minimum atomic E-state index is -0.759. The van der Waals surface area contributed by atoms with Gasteiger partial charge in [-0.05, 0) is 13.0 Å². The summed E-state index contributed by atoms with van der Waals surface area (Å²) >= 11 is 0. The molecule has 1 aromatic carbocycles. The highest BCUT2D eigenvalue weighted by Crippen LogP contribution is 2.27. The number of imide groups is 1. The van der Waals surface area contributed by atoms with E-state index in [9.17, 15) is 29.3 Å². The smallest absolute Gasteiger partial charge is 0.359 e. The maximum atomic E-state index is 12.8. The van der Waals surface area contributed by atoms with Crippen molar-refractivity contribution in [2.24, 2.45) is 0 Å². The number of esters is 1. The van der Waals surface area contributed by atoms with Gasteiger partial charge in [0, 0.05) is 42.9 Å². The average Bonchev–Trinajstić information content (AvgIpc) is 3.28. The van der Waals surface area contributed by atoms with Crippen LogP contribution in [0, 0.1) is 10.1 Å². The molecule has 0 saturated carbocycles. The lowest BCUT2D eigenvalue weighted by Gasteiger charge is -2.28. The Kier molecular flexibility index (Phi) is 4.97. The zero-order chi connectivity index (χ0) is 22.3. The molecular formula is C19H17N5O7.